The fraction of sp³-hybridized carbons (Fsp3) is 0.286. The van der Waals surface area contributed by atoms with Gasteiger partial charge in [0.15, 0.2) is 0 Å². The van der Waals surface area contributed by atoms with E-state index in [1.165, 1.54) is 0 Å². The molecule has 0 aliphatic carbocycles. The van der Waals surface area contributed by atoms with Crippen molar-refractivity contribution in [2.45, 2.75) is 25.3 Å². The number of carbonyl (C=O) groups is 2. The van der Waals surface area contributed by atoms with Gasteiger partial charge in [0.2, 0.25) is 5.91 Å². The number of carboxylic acid groups (broad SMARTS) is 1. The number of hydrogen-bond donors (Lipinski definition) is 2. The Kier molecular flexibility index (Phi) is 5.64. The van der Waals surface area contributed by atoms with Crippen molar-refractivity contribution in [2.75, 3.05) is 0 Å². The maximum Gasteiger partial charge on any atom is 0.305 e. The number of aliphatic carboxylic acids is 1. The van der Waals surface area contributed by atoms with E-state index in [2.05, 4.69) is 11.9 Å². The summed E-state index contributed by atoms with van der Waals surface area (Å²) in [5, 5.41) is 11.6. The number of hydrogen-bond acceptors (Lipinski definition) is 2. The molecule has 96 valence electrons. The number of carbonyl (C=O) groups excluding carboxylic acids is 1. The van der Waals surface area contributed by atoms with Crippen molar-refractivity contribution in [3.8, 4) is 0 Å². The van der Waals surface area contributed by atoms with Crippen LogP contribution in [0.5, 0.6) is 0 Å². The number of allylic oxidation sites excluding steroid dienone is 1. The third-order valence-corrected chi connectivity index (χ3v) is 2.49. The second-order valence-electron chi connectivity index (χ2n) is 3.96. The Morgan fingerprint density at radius 1 is 1.33 bits per heavy atom. The molecule has 1 aromatic rings. The summed E-state index contributed by atoms with van der Waals surface area (Å²) >= 11 is 0. The van der Waals surface area contributed by atoms with Gasteiger partial charge in [-0.15, -0.1) is 6.58 Å². The van der Waals surface area contributed by atoms with Gasteiger partial charge in [0.05, 0.1) is 12.5 Å². The van der Waals surface area contributed by atoms with E-state index >= 15 is 0 Å². The summed E-state index contributed by atoms with van der Waals surface area (Å²) in [6, 6.07) is 8.62. The summed E-state index contributed by atoms with van der Waals surface area (Å²) in [6.45, 7) is 3.54. The van der Waals surface area contributed by atoms with Gasteiger partial charge in [-0.05, 0) is 12.0 Å². The van der Waals surface area contributed by atoms with E-state index in [4.69, 9.17) is 5.11 Å². The quantitative estimate of drug-likeness (QED) is 0.726. The highest BCUT2D eigenvalue weighted by Crippen LogP contribution is 2.16. The highest BCUT2D eigenvalue weighted by atomic mass is 16.4. The summed E-state index contributed by atoms with van der Waals surface area (Å²) in [6.07, 6.45) is 2.45. The first-order chi connectivity index (χ1) is 8.63. The molecule has 0 saturated heterocycles. The predicted octanol–water partition coefficient (Wildman–Crippen LogP) is 2.28. The molecule has 4 heteroatoms. The van der Waals surface area contributed by atoms with Crippen molar-refractivity contribution in [3.63, 3.8) is 0 Å². The van der Waals surface area contributed by atoms with Crippen LogP contribution in [0.25, 0.3) is 0 Å². The van der Waals surface area contributed by atoms with Crippen molar-refractivity contribution in [2.24, 2.45) is 0 Å². The maximum atomic E-state index is 11.6. The van der Waals surface area contributed by atoms with Crippen LogP contribution < -0.4 is 5.32 Å². The second kappa shape index (κ2) is 7.27. The fourth-order valence-corrected chi connectivity index (χ4v) is 1.61. The van der Waals surface area contributed by atoms with Gasteiger partial charge in [0.1, 0.15) is 0 Å². The summed E-state index contributed by atoms with van der Waals surface area (Å²) < 4.78 is 0. The molecule has 0 radical (unpaired) electrons. The molecule has 4 nitrogen and oxygen atoms in total. The van der Waals surface area contributed by atoms with Gasteiger partial charge in [-0.25, -0.2) is 0 Å². The minimum Gasteiger partial charge on any atom is -0.481 e. The fourth-order valence-electron chi connectivity index (χ4n) is 1.61. The van der Waals surface area contributed by atoms with Gasteiger partial charge < -0.3 is 10.4 Å². The highest BCUT2D eigenvalue weighted by Gasteiger charge is 2.17. The summed E-state index contributed by atoms with van der Waals surface area (Å²) in [4.78, 5) is 22.4. The number of nitrogens with one attached hydrogen (secondary N) is 1. The minimum absolute atomic E-state index is 0.121. The average Bonchev–Trinajstić information content (AvgIpc) is 2.36. The first-order valence-corrected chi connectivity index (χ1v) is 5.80. The van der Waals surface area contributed by atoms with Crippen molar-refractivity contribution in [1.82, 2.24) is 5.32 Å². The van der Waals surface area contributed by atoms with E-state index < -0.39 is 12.0 Å². The maximum absolute atomic E-state index is 11.6. The molecule has 1 rings (SSSR count). The van der Waals surface area contributed by atoms with Gasteiger partial charge in [-0.2, -0.15) is 0 Å². The average molecular weight is 247 g/mol. The molecule has 0 bridgehead atoms. The molecule has 0 aliphatic heterocycles. The molecule has 0 saturated carbocycles. The first kappa shape index (κ1) is 14.0. The second-order valence-corrected chi connectivity index (χ2v) is 3.96. The molecule has 0 heterocycles. The third kappa shape index (κ3) is 4.82. The van der Waals surface area contributed by atoms with E-state index in [0.717, 1.165) is 5.56 Å². The summed E-state index contributed by atoms with van der Waals surface area (Å²) in [5.41, 5.74) is 0.798. The van der Waals surface area contributed by atoms with Crippen LogP contribution in [-0.2, 0) is 9.59 Å². The van der Waals surface area contributed by atoms with Gasteiger partial charge in [-0.1, -0.05) is 36.4 Å². The van der Waals surface area contributed by atoms with Crippen LogP contribution >= 0.6 is 0 Å². The van der Waals surface area contributed by atoms with E-state index in [9.17, 15) is 9.59 Å². The smallest absolute Gasteiger partial charge is 0.305 e. The molecule has 1 atom stereocenters. The zero-order valence-electron chi connectivity index (χ0n) is 10.1. The van der Waals surface area contributed by atoms with E-state index in [1.807, 2.05) is 18.2 Å². The molecule has 0 aromatic heterocycles. The Hall–Kier alpha value is -2.10. The zero-order valence-corrected chi connectivity index (χ0v) is 10.1. The molecule has 0 fully saturated rings. The van der Waals surface area contributed by atoms with Crippen LogP contribution in [0.1, 0.15) is 30.9 Å². The highest BCUT2D eigenvalue weighted by molar-refractivity contribution is 5.77. The van der Waals surface area contributed by atoms with E-state index in [1.54, 1.807) is 18.2 Å². The number of rotatable bonds is 7. The Morgan fingerprint density at radius 2 is 2.00 bits per heavy atom. The Morgan fingerprint density at radius 3 is 2.56 bits per heavy atom. The number of carboxylic acids is 1. The van der Waals surface area contributed by atoms with Crippen LogP contribution in [0.2, 0.25) is 0 Å². The van der Waals surface area contributed by atoms with Gasteiger partial charge in [-0.3, -0.25) is 9.59 Å². The zero-order chi connectivity index (χ0) is 13.4. The standard InChI is InChI=1S/C14H17NO3/c1-2-3-9-13(16)15-12(10-14(17)18)11-7-5-4-6-8-11/h2,4-8,12H,1,3,9-10H2,(H,15,16)(H,17,18)/t12-/m0/s1. The SMILES string of the molecule is C=CCCC(=O)N[C@@H](CC(=O)O)c1ccccc1. The molecule has 18 heavy (non-hydrogen) atoms. The number of amides is 1. The van der Waals surface area contributed by atoms with Gasteiger partial charge in [0.25, 0.3) is 0 Å². The van der Waals surface area contributed by atoms with Gasteiger partial charge >= 0.3 is 5.97 Å². The summed E-state index contributed by atoms with van der Waals surface area (Å²) in [7, 11) is 0. The Labute approximate surface area is 106 Å². The van der Waals surface area contributed by atoms with Crippen LogP contribution in [0.3, 0.4) is 0 Å². The topological polar surface area (TPSA) is 66.4 Å². The molecule has 0 spiro atoms. The monoisotopic (exact) mass is 247 g/mol. The molecule has 0 unspecified atom stereocenters. The van der Waals surface area contributed by atoms with Gasteiger partial charge in [0, 0.05) is 6.42 Å². The number of benzene rings is 1. The minimum atomic E-state index is -0.937. The van der Waals surface area contributed by atoms with Crippen molar-refractivity contribution < 1.29 is 14.7 Å². The van der Waals surface area contributed by atoms with Crippen LogP contribution in [-0.4, -0.2) is 17.0 Å². The lowest BCUT2D eigenvalue weighted by Crippen LogP contribution is -2.29. The molecular formula is C14H17NO3. The van der Waals surface area contributed by atoms with Crippen molar-refractivity contribution in [3.05, 3.63) is 48.6 Å². The third-order valence-electron chi connectivity index (χ3n) is 2.49. The molecule has 1 aromatic carbocycles. The Balaban J connectivity index is 2.70. The lowest BCUT2D eigenvalue weighted by atomic mass is 10.0. The van der Waals surface area contributed by atoms with E-state index in [-0.39, 0.29) is 12.3 Å². The first-order valence-electron chi connectivity index (χ1n) is 5.80. The lowest BCUT2D eigenvalue weighted by Gasteiger charge is -2.17. The molecule has 2 N–H and O–H groups in total. The van der Waals surface area contributed by atoms with Crippen LogP contribution in [0, 0.1) is 0 Å². The molecule has 0 aliphatic rings. The molecule has 1 amide bonds. The van der Waals surface area contributed by atoms with Crippen molar-refractivity contribution >= 4 is 11.9 Å². The lowest BCUT2D eigenvalue weighted by molar-refractivity contribution is -0.137. The van der Waals surface area contributed by atoms with Crippen LogP contribution in [0.4, 0.5) is 0 Å². The largest absolute Gasteiger partial charge is 0.481 e. The van der Waals surface area contributed by atoms with E-state index in [0.29, 0.717) is 12.8 Å². The summed E-state index contributed by atoms with van der Waals surface area (Å²) in [5.74, 6) is -1.10. The van der Waals surface area contributed by atoms with Crippen LogP contribution in [0.15, 0.2) is 43.0 Å². The van der Waals surface area contributed by atoms with Crippen molar-refractivity contribution in [1.29, 1.82) is 0 Å². The molecular weight excluding hydrogens is 230 g/mol. The Bertz CT molecular complexity index is 414. The normalized spacial score (nSPS) is 11.6. The predicted molar refractivity (Wildman–Crippen MR) is 69.0 cm³/mol.